The molecular formula is C16H20N2O2. The maximum Gasteiger partial charge on any atom is 0.238 e. The Morgan fingerprint density at radius 1 is 1.25 bits per heavy atom. The van der Waals surface area contributed by atoms with Crippen LogP contribution in [0.2, 0.25) is 0 Å². The quantitative estimate of drug-likeness (QED) is 0.850. The fourth-order valence-corrected chi connectivity index (χ4v) is 1.98. The molecule has 0 saturated carbocycles. The molecule has 4 nitrogen and oxygen atoms in total. The van der Waals surface area contributed by atoms with E-state index in [0.717, 1.165) is 23.4 Å². The Hall–Kier alpha value is -2.07. The standard InChI is InChI=1S/C16H20N2O2/c1-12-6-3-4-8-15(12)18-16(19)11-17-13(2)10-14-7-5-9-20-14/h3-9,13,17H,10-11H2,1-2H3,(H,18,19). The summed E-state index contributed by atoms with van der Waals surface area (Å²) in [7, 11) is 0. The van der Waals surface area contributed by atoms with Gasteiger partial charge in [-0.05, 0) is 37.6 Å². The highest BCUT2D eigenvalue weighted by molar-refractivity contribution is 5.92. The highest BCUT2D eigenvalue weighted by Crippen LogP contribution is 2.12. The van der Waals surface area contributed by atoms with E-state index >= 15 is 0 Å². The summed E-state index contributed by atoms with van der Waals surface area (Å²) in [5.74, 6) is 0.884. The minimum atomic E-state index is -0.0365. The zero-order valence-corrected chi connectivity index (χ0v) is 11.8. The molecule has 1 heterocycles. The van der Waals surface area contributed by atoms with Crippen molar-refractivity contribution in [3.63, 3.8) is 0 Å². The Labute approximate surface area is 119 Å². The van der Waals surface area contributed by atoms with Crippen molar-refractivity contribution in [2.24, 2.45) is 0 Å². The van der Waals surface area contributed by atoms with Gasteiger partial charge >= 0.3 is 0 Å². The van der Waals surface area contributed by atoms with Crippen LogP contribution in [-0.4, -0.2) is 18.5 Å². The second-order valence-electron chi connectivity index (χ2n) is 4.93. The Balaban J connectivity index is 1.76. The van der Waals surface area contributed by atoms with E-state index in [1.165, 1.54) is 0 Å². The van der Waals surface area contributed by atoms with Crippen molar-refractivity contribution in [2.75, 3.05) is 11.9 Å². The van der Waals surface area contributed by atoms with E-state index in [2.05, 4.69) is 10.6 Å². The first kappa shape index (κ1) is 14.3. The van der Waals surface area contributed by atoms with Gasteiger partial charge in [0, 0.05) is 18.2 Å². The summed E-state index contributed by atoms with van der Waals surface area (Å²) in [5, 5.41) is 6.09. The molecule has 106 valence electrons. The van der Waals surface area contributed by atoms with Gasteiger partial charge in [0.05, 0.1) is 12.8 Å². The molecule has 2 rings (SSSR count). The first-order valence-electron chi connectivity index (χ1n) is 6.76. The van der Waals surface area contributed by atoms with Gasteiger partial charge in [-0.1, -0.05) is 18.2 Å². The number of anilines is 1. The lowest BCUT2D eigenvalue weighted by atomic mass is 10.2. The van der Waals surface area contributed by atoms with Crippen molar-refractivity contribution in [2.45, 2.75) is 26.3 Å². The molecule has 2 aromatic rings. The van der Waals surface area contributed by atoms with Crippen LogP contribution in [0.15, 0.2) is 47.1 Å². The second-order valence-corrected chi connectivity index (χ2v) is 4.93. The molecule has 0 aliphatic carbocycles. The summed E-state index contributed by atoms with van der Waals surface area (Å²) in [4.78, 5) is 11.9. The average Bonchev–Trinajstić information content (AvgIpc) is 2.92. The Kier molecular flexibility index (Phi) is 4.96. The van der Waals surface area contributed by atoms with E-state index < -0.39 is 0 Å². The molecule has 0 aliphatic heterocycles. The predicted molar refractivity (Wildman–Crippen MR) is 79.7 cm³/mol. The number of aryl methyl sites for hydroxylation is 1. The first-order valence-corrected chi connectivity index (χ1v) is 6.76. The highest BCUT2D eigenvalue weighted by atomic mass is 16.3. The molecule has 1 aromatic carbocycles. The van der Waals surface area contributed by atoms with Crippen LogP contribution < -0.4 is 10.6 Å². The van der Waals surface area contributed by atoms with Gasteiger partial charge in [-0.15, -0.1) is 0 Å². The topological polar surface area (TPSA) is 54.3 Å². The highest BCUT2D eigenvalue weighted by Gasteiger charge is 2.08. The number of furan rings is 1. The number of carbonyl (C=O) groups is 1. The number of nitrogens with one attached hydrogen (secondary N) is 2. The van der Waals surface area contributed by atoms with E-state index in [9.17, 15) is 4.79 Å². The van der Waals surface area contributed by atoms with Crippen LogP contribution in [0.3, 0.4) is 0 Å². The largest absolute Gasteiger partial charge is 0.469 e. The van der Waals surface area contributed by atoms with Gasteiger partial charge in [-0.2, -0.15) is 0 Å². The van der Waals surface area contributed by atoms with Crippen LogP contribution in [-0.2, 0) is 11.2 Å². The smallest absolute Gasteiger partial charge is 0.238 e. The SMILES string of the molecule is Cc1ccccc1NC(=O)CNC(C)Cc1ccco1. The first-order chi connectivity index (χ1) is 9.65. The number of para-hydroxylation sites is 1. The van der Waals surface area contributed by atoms with Crippen molar-refractivity contribution in [3.05, 3.63) is 54.0 Å². The van der Waals surface area contributed by atoms with Crippen molar-refractivity contribution < 1.29 is 9.21 Å². The normalized spacial score (nSPS) is 12.1. The molecule has 1 atom stereocenters. The van der Waals surface area contributed by atoms with Crippen LogP contribution in [0.25, 0.3) is 0 Å². The van der Waals surface area contributed by atoms with E-state index in [-0.39, 0.29) is 18.5 Å². The summed E-state index contributed by atoms with van der Waals surface area (Å²) in [6.45, 7) is 4.29. The van der Waals surface area contributed by atoms with Gasteiger partial charge in [0.25, 0.3) is 0 Å². The van der Waals surface area contributed by atoms with E-state index in [1.54, 1.807) is 6.26 Å². The van der Waals surface area contributed by atoms with E-state index in [0.29, 0.717) is 0 Å². The lowest BCUT2D eigenvalue weighted by Crippen LogP contribution is -2.35. The molecule has 0 fully saturated rings. The maximum atomic E-state index is 11.9. The molecule has 0 saturated heterocycles. The van der Waals surface area contributed by atoms with Gasteiger partial charge in [0.2, 0.25) is 5.91 Å². The van der Waals surface area contributed by atoms with Crippen molar-refractivity contribution in [1.29, 1.82) is 0 Å². The molecule has 1 amide bonds. The molecule has 0 spiro atoms. The summed E-state index contributed by atoms with van der Waals surface area (Å²) >= 11 is 0. The van der Waals surface area contributed by atoms with Gasteiger partial charge in [0.1, 0.15) is 5.76 Å². The van der Waals surface area contributed by atoms with Gasteiger partial charge < -0.3 is 15.1 Å². The summed E-state index contributed by atoms with van der Waals surface area (Å²) in [5.41, 5.74) is 1.92. The third-order valence-electron chi connectivity index (χ3n) is 3.12. The third-order valence-corrected chi connectivity index (χ3v) is 3.12. The average molecular weight is 272 g/mol. The molecular weight excluding hydrogens is 252 g/mol. The number of rotatable bonds is 6. The number of hydrogen-bond donors (Lipinski definition) is 2. The Morgan fingerprint density at radius 3 is 2.75 bits per heavy atom. The molecule has 2 N–H and O–H groups in total. The van der Waals surface area contributed by atoms with Crippen molar-refractivity contribution in [1.82, 2.24) is 5.32 Å². The zero-order valence-electron chi connectivity index (χ0n) is 11.8. The molecule has 0 radical (unpaired) electrons. The molecule has 0 bridgehead atoms. The van der Waals surface area contributed by atoms with Gasteiger partial charge in [0.15, 0.2) is 0 Å². The minimum Gasteiger partial charge on any atom is -0.469 e. The summed E-state index contributed by atoms with van der Waals surface area (Å²) in [6, 6.07) is 11.7. The van der Waals surface area contributed by atoms with Gasteiger partial charge in [-0.3, -0.25) is 4.79 Å². The predicted octanol–water partition coefficient (Wildman–Crippen LogP) is 2.75. The summed E-state index contributed by atoms with van der Waals surface area (Å²) < 4.78 is 5.28. The number of hydrogen-bond acceptors (Lipinski definition) is 3. The van der Waals surface area contributed by atoms with Gasteiger partial charge in [-0.25, -0.2) is 0 Å². The van der Waals surface area contributed by atoms with E-state index in [1.807, 2.05) is 50.2 Å². The third kappa shape index (κ3) is 4.24. The monoisotopic (exact) mass is 272 g/mol. The lowest BCUT2D eigenvalue weighted by Gasteiger charge is -2.13. The maximum absolute atomic E-state index is 11.9. The van der Waals surface area contributed by atoms with Crippen LogP contribution >= 0.6 is 0 Å². The number of amides is 1. The van der Waals surface area contributed by atoms with Crippen LogP contribution in [0, 0.1) is 6.92 Å². The fourth-order valence-electron chi connectivity index (χ4n) is 1.98. The molecule has 1 unspecified atom stereocenters. The number of carbonyl (C=O) groups excluding carboxylic acids is 1. The summed E-state index contributed by atoms with van der Waals surface area (Å²) in [6.07, 6.45) is 2.43. The van der Waals surface area contributed by atoms with Crippen molar-refractivity contribution >= 4 is 11.6 Å². The fraction of sp³-hybridized carbons (Fsp3) is 0.312. The Morgan fingerprint density at radius 2 is 2.05 bits per heavy atom. The van der Waals surface area contributed by atoms with Crippen molar-refractivity contribution in [3.8, 4) is 0 Å². The van der Waals surface area contributed by atoms with Crippen LogP contribution in [0.1, 0.15) is 18.2 Å². The van der Waals surface area contributed by atoms with Crippen LogP contribution in [0.4, 0.5) is 5.69 Å². The number of benzene rings is 1. The Bertz CT molecular complexity index is 549. The molecule has 4 heteroatoms. The zero-order chi connectivity index (χ0) is 14.4. The molecule has 20 heavy (non-hydrogen) atoms. The second kappa shape index (κ2) is 6.91. The van der Waals surface area contributed by atoms with E-state index in [4.69, 9.17) is 4.42 Å². The molecule has 0 aliphatic rings. The minimum absolute atomic E-state index is 0.0365. The lowest BCUT2D eigenvalue weighted by molar-refractivity contribution is -0.115. The van der Waals surface area contributed by atoms with Crippen LogP contribution in [0.5, 0.6) is 0 Å². The molecule has 1 aromatic heterocycles.